The number of hydrogen-bond acceptors (Lipinski definition) is 6. The summed E-state index contributed by atoms with van der Waals surface area (Å²) in [7, 11) is 0. The molecule has 34 heavy (non-hydrogen) atoms. The lowest BCUT2D eigenvalue weighted by Crippen LogP contribution is -2.44. The molecule has 4 rings (SSSR count). The second-order valence-electron chi connectivity index (χ2n) is 9.38. The third kappa shape index (κ3) is 5.50. The number of para-hydroxylation sites is 2. The minimum Gasteiger partial charge on any atom is -0.382 e. The maximum Gasteiger partial charge on any atom is 0.273 e. The third-order valence-electron chi connectivity index (χ3n) is 6.90. The molecule has 1 aliphatic rings. The molecule has 1 aromatic carbocycles. The van der Waals surface area contributed by atoms with Crippen molar-refractivity contribution in [1.82, 2.24) is 24.4 Å². The highest BCUT2D eigenvalue weighted by Crippen LogP contribution is 2.23. The molecule has 0 spiro atoms. The highest BCUT2D eigenvalue weighted by molar-refractivity contribution is 5.92. The number of nitrogens with zero attached hydrogens (tertiary/aromatic N) is 5. The number of likely N-dealkylation sites (tertiary alicyclic amines) is 1. The van der Waals surface area contributed by atoms with Crippen molar-refractivity contribution in [3.05, 3.63) is 64.1 Å². The van der Waals surface area contributed by atoms with Gasteiger partial charge in [0.25, 0.3) is 5.56 Å². The molecule has 0 aliphatic carbocycles. The molecule has 0 amide bonds. The molecule has 0 bridgehead atoms. The van der Waals surface area contributed by atoms with Crippen LogP contribution in [0.5, 0.6) is 0 Å². The Kier molecular flexibility index (Phi) is 7.67. The van der Waals surface area contributed by atoms with Crippen LogP contribution in [0.25, 0.3) is 11.0 Å². The summed E-state index contributed by atoms with van der Waals surface area (Å²) >= 11 is 0. The van der Waals surface area contributed by atoms with E-state index in [2.05, 4.69) is 33.7 Å². The summed E-state index contributed by atoms with van der Waals surface area (Å²) in [6.07, 6.45) is 8.86. The molecule has 0 saturated carbocycles. The molecule has 3 N–H and O–H groups in total. The number of unbranched alkanes of at least 4 members (excludes halogenated alkanes) is 2. The van der Waals surface area contributed by atoms with Gasteiger partial charge in [-0.25, -0.2) is 15.0 Å². The van der Waals surface area contributed by atoms with Gasteiger partial charge in [0.05, 0.1) is 17.5 Å². The summed E-state index contributed by atoms with van der Waals surface area (Å²) < 4.78 is 1.85. The predicted molar refractivity (Wildman–Crippen MR) is 135 cm³/mol. The number of nitrogens with two attached hydrogens (primary N) is 1. The van der Waals surface area contributed by atoms with Crippen molar-refractivity contribution >= 4 is 16.9 Å². The van der Waals surface area contributed by atoms with Crippen LogP contribution in [0.2, 0.25) is 0 Å². The van der Waals surface area contributed by atoms with Crippen molar-refractivity contribution in [2.24, 2.45) is 5.73 Å². The number of benzene rings is 1. The van der Waals surface area contributed by atoms with Crippen LogP contribution in [0, 0.1) is 5.41 Å². The van der Waals surface area contributed by atoms with Crippen molar-refractivity contribution in [3.8, 4) is 0 Å². The van der Waals surface area contributed by atoms with Crippen LogP contribution in [0.1, 0.15) is 69.6 Å². The standard InChI is InChI=1S/C26H35N7O/c1-18-9-8-10-19(2)32(18)15-6-3-7-16-33-23-12-5-4-11-20(23)30-22(26(33)34)17-24-29-14-13-21(31-24)25(27)28/h4-5,11-14,18-19H,3,6-10,15-17H2,1-2H3,(H3,27,28)/t18-,19+. The van der Waals surface area contributed by atoms with E-state index >= 15 is 0 Å². The van der Waals surface area contributed by atoms with Crippen LogP contribution in [-0.2, 0) is 13.0 Å². The fraction of sp³-hybridized carbons (Fsp3) is 0.500. The number of aryl methyl sites for hydroxylation is 1. The number of fused-ring (bicyclic) bond motifs is 1. The van der Waals surface area contributed by atoms with Gasteiger partial charge in [-0.3, -0.25) is 15.1 Å². The number of amidine groups is 1. The van der Waals surface area contributed by atoms with Crippen LogP contribution in [0.3, 0.4) is 0 Å². The molecule has 0 radical (unpaired) electrons. The number of rotatable bonds is 9. The molecule has 8 nitrogen and oxygen atoms in total. The van der Waals surface area contributed by atoms with E-state index in [9.17, 15) is 4.79 Å². The smallest absolute Gasteiger partial charge is 0.273 e. The van der Waals surface area contributed by atoms with Gasteiger partial charge in [0.15, 0.2) is 0 Å². The first-order valence-electron chi connectivity index (χ1n) is 12.3. The Hall–Kier alpha value is -3.13. The zero-order valence-corrected chi connectivity index (χ0v) is 20.2. The molecular formula is C26H35N7O. The summed E-state index contributed by atoms with van der Waals surface area (Å²) in [6.45, 7) is 6.48. The van der Waals surface area contributed by atoms with Gasteiger partial charge in [-0.1, -0.05) is 25.0 Å². The van der Waals surface area contributed by atoms with Crippen LogP contribution in [-0.4, -0.2) is 48.9 Å². The molecule has 3 heterocycles. The fourth-order valence-electron chi connectivity index (χ4n) is 5.02. The van der Waals surface area contributed by atoms with E-state index in [1.807, 2.05) is 28.8 Å². The van der Waals surface area contributed by atoms with Gasteiger partial charge in [0, 0.05) is 24.8 Å². The second-order valence-corrected chi connectivity index (χ2v) is 9.38. The summed E-state index contributed by atoms with van der Waals surface area (Å²) in [5, 5.41) is 7.60. The van der Waals surface area contributed by atoms with Crippen molar-refractivity contribution in [1.29, 1.82) is 5.41 Å². The minimum atomic E-state index is -0.124. The van der Waals surface area contributed by atoms with Crippen LogP contribution in [0.15, 0.2) is 41.3 Å². The summed E-state index contributed by atoms with van der Waals surface area (Å²) in [4.78, 5) is 29.2. The molecule has 2 aromatic heterocycles. The lowest BCUT2D eigenvalue weighted by atomic mass is 9.97. The van der Waals surface area contributed by atoms with E-state index in [1.165, 1.54) is 19.3 Å². The van der Waals surface area contributed by atoms with Gasteiger partial charge >= 0.3 is 0 Å². The third-order valence-corrected chi connectivity index (χ3v) is 6.90. The Morgan fingerprint density at radius 3 is 2.56 bits per heavy atom. The molecule has 1 saturated heterocycles. The van der Waals surface area contributed by atoms with Gasteiger partial charge in [-0.2, -0.15) is 0 Å². The summed E-state index contributed by atoms with van der Waals surface area (Å²) in [6, 6.07) is 10.7. The lowest BCUT2D eigenvalue weighted by molar-refractivity contribution is 0.101. The molecule has 0 unspecified atom stereocenters. The zero-order chi connectivity index (χ0) is 24.1. The topological polar surface area (TPSA) is 114 Å². The van der Waals surface area contributed by atoms with Crippen molar-refractivity contribution in [2.45, 2.75) is 77.4 Å². The Labute approximate surface area is 200 Å². The van der Waals surface area contributed by atoms with Crippen LogP contribution in [0.4, 0.5) is 0 Å². The maximum atomic E-state index is 13.4. The molecule has 180 valence electrons. The predicted octanol–water partition coefficient (Wildman–Crippen LogP) is 3.49. The van der Waals surface area contributed by atoms with Gasteiger partial charge in [0.2, 0.25) is 0 Å². The summed E-state index contributed by atoms with van der Waals surface area (Å²) in [5.41, 5.74) is 7.86. The molecule has 3 aromatic rings. The number of piperidine rings is 1. The largest absolute Gasteiger partial charge is 0.382 e. The van der Waals surface area contributed by atoms with E-state index in [4.69, 9.17) is 11.1 Å². The lowest BCUT2D eigenvalue weighted by Gasteiger charge is -2.39. The number of nitrogens with one attached hydrogen (secondary N) is 1. The fourth-order valence-corrected chi connectivity index (χ4v) is 5.02. The van der Waals surface area contributed by atoms with Crippen LogP contribution < -0.4 is 11.3 Å². The molecule has 1 aliphatic heterocycles. The van der Waals surface area contributed by atoms with Gasteiger partial charge in [0.1, 0.15) is 23.0 Å². The minimum absolute atomic E-state index is 0.103. The number of hydrogen-bond donors (Lipinski definition) is 2. The first kappa shape index (κ1) is 24.0. The van der Waals surface area contributed by atoms with E-state index in [-0.39, 0.29) is 17.8 Å². The van der Waals surface area contributed by atoms with E-state index < -0.39 is 0 Å². The first-order valence-corrected chi connectivity index (χ1v) is 12.3. The van der Waals surface area contributed by atoms with Gasteiger partial charge in [-0.05, 0) is 64.3 Å². The Balaban J connectivity index is 1.47. The number of aromatic nitrogens is 4. The second kappa shape index (κ2) is 10.9. The molecule has 8 heteroatoms. The quantitative estimate of drug-likeness (QED) is 0.286. The number of nitrogen functional groups attached to an aromatic ring is 1. The molecule has 1 fully saturated rings. The highest BCUT2D eigenvalue weighted by atomic mass is 16.1. The Bertz CT molecular complexity index is 1200. The Morgan fingerprint density at radius 2 is 1.79 bits per heavy atom. The molecular weight excluding hydrogens is 426 g/mol. The van der Waals surface area contributed by atoms with Gasteiger partial charge < -0.3 is 10.3 Å². The van der Waals surface area contributed by atoms with Crippen molar-refractivity contribution < 1.29 is 0 Å². The maximum absolute atomic E-state index is 13.4. The average Bonchev–Trinajstić information content (AvgIpc) is 2.82. The van der Waals surface area contributed by atoms with Crippen molar-refractivity contribution in [2.75, 3.05) is 6.54 Å². The van der Waals surface area contributed by atoms with E-state index in [0.29, 0.717) is 35.8 Å². The Morgan fingerprint density at radius 1 is 1.06 bits per heavy atom. The van der Waals surface area contributed by atoms with E-state index in [1.54, 1.807) is 12.3 Å². The van der Waals surface area contributed by atoms with Crippen LogP contribution >= 0.6 is 0 Å². The van der Waals surface area contributed by atoms with Gasteiger partial charge in [-0.15, -0.1) is 0 Å². The van der Waals surface area contributed by atoms with Crippen molar-refractivity contribution in [3.63, 3.8) is 0 Å². The van der Waals surface area contributed by atoms with E-state index in [0.717, 1.165) is 36.8 Å². The zero-order valence-electron chi connectivity index (χ0n) is 20.2. The average molecular weight is 462 g/mol. The highest BCUT2D eigenvalue weighted by Gasteiger charge is 2.23. The molecule has 2 atom stereocenters. The SMILES string of the molecule is C[C@@H]1CCC[C@H](C)N1CCCCCn1c(=O)c(Cc2nccc(C(=N)N)n2)nc2ccccc21. The normalized spacial score (nSPS) is 18.9. The summed E-state index contributed by atoms with van der Waals surface area (Å²) in [5.74, 6) is 0.310. The monoisotopic (exact) mass is 461 g/mol. The first-order chi connectivity index (χ1) is 16.4.